The number of fused-ring (bicyclic) bond motifs is 1. The first-order valence-corrected chi connectivity index (χ1v) is 6.77. The molecule has 2 aliphatic rings. The van der Waals surface area contributed by atoms with E-state index in [1.54, 1.807) is 0 Å². The second kappa shape index (κ2) is 5.09. The Bertz CT molecular complexity index is 490. The predicted octanol–water partition coefficient (Wildman–Crippen LogP) is 1.38. The average Bonchev–Trinajstić information content (AvgIpc) is 2.46. The van der Waals surface area contributed by atoms with E-state index in [0.717, 1.165) is 30.0 Å². The zero-order valence-corrected chi connectivity index (χ0v) is 11.1. The highest BCUT2D eigenvalue weighted by molar-refractivity contribution is 6.03. The summed E-state index contributed by atoms with van der Waals surface area (Å²) in [5.74, 6) is 0.0869. The highest BCUT2D eigenvalue weighted by Gasteiger charge is 2.27. The molecule has 5 nitrogen and oxygen atoms in total. The van der Waals surface area contributed by atoms with Gasteiger partial charge >= 0.3 is 0 Å². The van der Waals surface area contributed by atoms with Crippen molar-refractivity contribution in [3.63, 3.8) is 0 Å². The molecule has 2 N–H and O–H groups in total. The van der Waals surface area contributed by atoms with Gasteiger partial charge in [-0.3, -0.25) is 4.79 Å². The number of carbonyl (C=O) groups excluding carboxylic acids is 1. The SMILES string of the molecule is CC1COCCN1C(=O)c1cccc2c1NCCN2. The molecule has 0 saturated carbocycles. The topological polar surface area (TPSA) is 53.6 Å². The van der Waals surface area contributed by atoms with Crippen molar-refractivity contribution in [2.75, 3.05) is 43.5 Å². The van der Waals surface area contributed by atoms with E-state index >= 15 is 0 Å². The number of carbonyl (C=O) groups is 1. The van der Waals surface area contributed by atoms with Crippen LogP contribution in [0.3, 0.4) is 0 Å². The van der Waals surface area contributed by atoms with E-state index < -0.39 is 0 Å². The van der Waals surface area contributed by atoms with Crippen molar-refractivity contribution in [2.24, 2.45) is 0 Å². The smallest absolute Gasteiger partial charge is 0.256 e. The molecule has 1 saturated heterocycles. The van der Waals surface area contributed by atoms with Gasteiger partial charge in [0, 0.05) is 19.6 Å². The number of nitrogens with one attached hydrogen (secondary N) is 2. The fourth-order valence-corrected chi connectivity index (χ4v) is 2.64. The third kappa shape index (κ3) is 2.26. The predicted molar refractivity (Wildman–Crippen MR) is 74.7 cm³/mol. The Labute approximate surface area is 112 Å². The van der Waals surface area contributed by atoms with Crippen LogP contribution in [0.4, 0.5) is 11.4 Å². The summed E-state index contributed by atoms with van der Waals surface area (Å²) in [6.45, 7) is 5.66. The first kappa shape index (κ1) is 12.3. The molecule has 19 heavy (non-hydrogen) atoms. The molecule has 3 rings (SSSR count). The number of morpholine rings is 1. The minimum absolute atomic E-state index is 0.0869. The average molecular weight is 261 g/mol. The number of hydrogen-bond donors (Lipinski definition) is 2. The molecule has 2 heterocycles. The Morgan fingerprint density at radius 1 is 1.37 bits per heavy atom. The maximum absolute atomic E-state index is 12.7. The molecule has 0 spiro atoms. The van der Waals surface area contributed by atoms with Crippen molar-refractivity contribution in [1.82, 2.24) is 4.90 Å². The molecule has 1 aromatic rings. The van der Waals surface area contributed by atoms with Gasteiger partial charge in [-0.2, -0.15) is 0 Å². The number of amides is 1. The van der Waals surface area contributed by atoms with Gasteiger partial charge in [-0.1, -0.05) is 6.07 Å². The van der Waals surface area contributed by atoms with Crippen LogP contribution in [-0.4, -0.2) is 49.7 Å². The van der Waals surface area contributed by atoms with Crippen molar-refractivity contribution in [3.8, 4) is 0 Å². The first-order valence-electron chi connectivity index (χ1n) is 6.77. The Hall–Kier alpha value is -1.75. The molecule has 0 bridgehead atoms. The quantitative estimate of drug-likeness (QED) is 0.802. The van der Waals surface area contributed by atoms with Crippen molar-refractivity contribution in [1.29, 1.82) is 0 Å². The van der Waals surface area contributed by atoms with Crippen LogP contribution in [0.2, 0.25) is 0 Å². The molecule has 5 heteroatoms. The summed E-state index contributed by atoms with van der Waals surface area (Å²) in [4.78, 5) is 14.6. The maximum Gasteiger partial charge on any atom is 0.256 e. The van der Waals surface area contributed by atoms with Crippen LogP contribution in [0.1, 0.15) is 17.3 Å². The van der Waals surface area contributed by atoms with Gasteiger partial charge in [0.2, 0.25) is 0 Å². The molecule has 1 aromatic carbocycles. The van der Waals surface area contributed by atoms with Gasteiger partial charge in [-0.25, -0.2) is 0 Å². The Balaban J connectivity index is 1.91. The highest BCUT2D eigenvalue weighted by atomic mass is 16.5. The van der Waals surface area contributed by atoms with Gasteiger partial charge < -0.3 is 20.3 Å². The third-order valence-electron chi connectivity index (χ3n) is 3.67. The maximum atomic E-state index is 12.7. The first-order chi connectivity index (χ1) is 9.27. The van der Waals surface area contributed by atoms with Gasteiger partial charge in [0.15, 0.2) is 0 Å². The fraction of sp³-hybridized carbons (Fsp3) is 0.500. The van der Waals surface area contributed by atoms with E-state index in [4.69, 9.17) is 4.74 Å². The summed E-state index contributed by atoms with van der Waals surface area (Å²) in [5.41, 5.74) is 2.69. The van der Waals surface area contributed by atoms with Crippen molar-refractivity contribution < 1.29 is 9.53 Å². The lowest BCUT2D eigenvalue weighted by Gasteiger charge is -2.34. The molecule has 1 amide bonds. The zero-order chi connectivity index (χ0) is 13.2. The van der Waals surface area contributed by atoms with Crippen LogP contribution in [0.25, 0.3) is 0 Å². The minimum Gasteiger partial charge on any atom is -0.382 e. The molecule has 1 fully saturated rings. The summed E-state index contributed by atoms with van der Waals surface area (Å²) < 4.78 is 5.39. The van der Waals surface area contributed by atoms with Crippen LogP contribution in [-0.2, 0) is 4.74 Å². The number of nitrogens with zero attached hydrogens (tertiary/aromatic N) is 1. The molecule has 0 aliphatic carbocycles. The number of para-hydroxylation sites is 1. The second-order valence-corrected chi connectivity index (χ2v) is 5.00. The van der Waals surface area contributed by atoms with Gasteiger partial charge in [-0.15, -0.1) is 0 Å². The lowest BCUT2D eigenvalue weighted by atomic mass is 10.1. The Morgan fingerprint density at radius 2 is 2.21 bits per heavy atom. The van der Waals surface area contributed by atoms with Crippen LogP contribution in [0.5, 0.6) is 0 Å². The number of anilines is 2. The highest BCUT2D eigenvalue weighted by Crippen LogP contribution is 2.29. The monoisotopic (exact) mass is 261 g/mol. The molecule has 0 aromatic heterocycles. The van der Waals surface area contributed by atoms with E-state index in [1.807, 2.05) is 30.0 Å². The van der Waals surface area contributed by atoms with E-state index in [9.17, 15) is 4.79 Å². The number of hydrogen-bond acceptors (Lipinski definition) is 4. The normalized spacial score (nSPS) is 22.2. The molecular weight excluding hydrogens is 242 g/mol. The van der Waals surface area contributed by atoms with E-state index in [1.165, 1.54) is 0 Å². The molecule has 0 radical (unpaired) electrons. The zero-order valence-electron chi connectivity index (χ0n) is 11.1. The fourth-order valence-electron chi connectivity index (χ4n) is 2.64. The van der Waals surface area contributed by atoms with E-state index in [-0.39, 0.29) is 11.9 Å². The second-order valence-electron chi connectivity index (χ2n) is 5.00. The van der Waals surface area contributed by atoms with Crippen molar-refractivity contribution in [3.05, 3.63) is 23.8 Å². The van der Waals surface area contributed by atoms with Crippen LogP contribution in [0, 0.1) is 0 Å². The lowest BCUT2D eigenvalue weighted by molar-refractivity contribution is 0.00365. The Morgan fingerprint density at radius 3 is 3.05 bits per heavy atom. The standard InChI is InChI=1S/C14H19N3O2/c1-10-9-19-8-7-17(10)14(18)11-3-2-4-12-13(11)16-6-5-15-12/h2-4,10,15-16H,5-9H2,1H3. The summed E-state index contributed by atoms with van der Waals surface area (Å²) in [6, 6.07) is 5.95. The molecule has 1 atom stereocenters. The summed E-state index contributed by atoms with van der Waals surface area (Å²) in [6.07, 6.45) is 0. The molecule has 2 aliphatic heterocycles. The third-order valence-corrected chi connectivity index (χ3v) is 3.67. The van der Waals surface area contributed by atoms with E-state index in [2.05, 4.69) is 10.6 Å². The van der Waals surface area contributed by atoms with Crippen LogP contribution < -0.4 is 10.6 Å². The van der Waals surface area contributed by atoms with Gasteiger partial charge in [0.25, 0.3) is 5.91 Å². The summed E-state index contributed by atoms with van der Waals surface area (Å²) in [5, 5.41) is 6.64. The van der Waals surface area contributed by atoms with Gasteiger partial charge in [0.05, 0.1) is 36.2 Å². The van der Waals surface area contributed by atoms with Gasteiger partial charge in [0.1, 0.15) is 0 Å². The lowest BCUT2D eigenvalue weighted by Crippen LogP contribution is -2.47. The van der Waals surface area contributed by atoms with Crippen LogP contribution >= 0.6 is 0 Å². The van der Waals surface area contributed by atoms with Crippen LogP contribution in [0.15, 0.2) is 18.2 Å². The van der Waals surface area contributed by atoms with E-state index in [0.29, 0.717) is 19.8 Å². The van der Waals surface area contributed by atoms with Crippen molar-refractivity contribution in [2.45, 2.75) is 13.0 Å². The molecule has 102 valence electrons. The number of rotatable bonds is 1. The van der Waals surface area contributed by atoms with Crippen molar-refractivity contribution >= 4 is 17.3 Å². The largest absolute Gasteiger partial charge is 0.382 e. The number of benzene rings is 1. The number of ether oxygens (including phenoxy) is 1. The minimum atomic E-state index is 0.0869. The molecule has 1 unspecified atom stereocenters. The molecular formula is C14H19N3O2. The van der Waals surface area contributed by atoms with Gasteiger partial charge in [-0.05, 0) is 19.1 Å². The summed E-state index contributed by atoms with van der Waals surface area (Å²) in [7, 11) is 0. The Kier molecular flexibility index (Phi) is 3.29. The summed E-state index contributed by atoms with van der Waals surface area (Å²) >= 11 is 0.